The van der Waals surface area contributed by atoms with Crippen LogP contribution >= 0.6 is 0 Å². The molecule has 0 saturated heterocycles. The van der Waals surface area contributed by atoms with Gasteiger partial charge in [0.1, 0.15) is 5.75 Å². The number of hydrogen-bond acceptors (Lipinski definition) is 7. The Hall–Kier alpha value is -4.98. The molecule has 0 N–H and O–H groups in total. The van der Waals surface area contributed by atoms with Crippen LogP contribution < -0.4 is 4.74 Å². The Balaban J connectivity index is 0.000000860. The molecule has 0 aliphatic carbocycles. The molecule has 8 nitrogen and oxygen atoms in total. The van der Waals surface area contributed by atoms with Crippen molar-refractivity contribution in [3.63, 3.8) is 0 Å². The van der Waals surface area contributed by atoms with Crippen molar-refractivity contribution in [1.82, 2.24) is 0 Å². The number of unbranched alkanes of at least 4 members (excludes halogenated alkanes) is 5. The summed E-state index contributed by atoms with van der Waals surface area (Å²) in [4.78, 5) is 32.6. The molecule has 3 aromatic rings. The first-order valence-corrected chi connectivity index (χ1v) is 14.5. The summed E-state index contributed by atoms with van der Waals surface area (Å²) in [6.45, 7) is 9.88. The minimum absolute atomic E-state index is 0.0861. The average molecular weight is 600 g/mol. The van der Waals surface area contributed by atoms with Crippen LogP contribution in [0.3, 0.4) is 0 Å². The molecule has 8 heteroatoms. The van der Waals surface area contributed by atoms with Gasteiger partial charge in [-0.1, -0.05) is 93.5 Å². The van der Waals surface area contributed by atoms with Crippen LogP contribution in [-0.4, -0.2) is 37.2 Å². The van der Waals surface area contributed by atoms with Crippen LogP contribution in [0, 0.1) is 10.1 Å². The zero-order valence-electron chi connectivity index (χ0n) is 25.5. The molecule has 0 spiro atoms. The molecular formula is C36H41NO7. The smallest absolute Gasteiger partial charge is 0.338 e. The van der Waals surface area contributed by atoms with E-state index in [9.17, 15) is 19.7 Å². The van der Waals surface area contributed by atoms with Crippen LogP contribution in [0.25, 0.3) is 17.7 Å². The van der Waals surface area contributed by atoms with E-state index in [1.54, 1.807) is 19.1 Å². The van der Waals surface area contributed by atoms with Crippen LogP contribution in [0.1, 0.15) is 62.1 Å². The van der Waals surface area contributed by atoms with Crippen LogP contribution in [0.15, 0.2) is 97.6 Å². The van der Waals surface area contributed by atoms with Crippen molar-refractivity contribution in [2.45, 2.75) is 45.4 Å². The van der Waals surface area contributed by atoms with Crippen molar-refractivity contribution < 1.29 is 28.7 Å². The fraction of sp³-hybridized carbons (Fsp3) is 0.278. The van der Waals surface area contributed by atoms with Gasteiger partial charge in [0.2, 0.25) is 0 Å². The van der Waals surface area contributed by atoms with Gasteiger partial charge < -0.3 is 14.2 Å². The van der Waals surface area contributed by atoms with E-state index < -0.39 is 4.92 Å². The summed E-state index contributed by atoms with van der Waals surface area (Å²) in [6.07, 6.45) is 10.1. The van der Waals surface area contributed by atoms with Crippen LogP contribution in [0.2, 0.25) is 0 Å². The average Bonchev–Trinajstić information content (AvgIpc) is 3.05. The maximum absolute atomic E-state index is 12.0. The lowest BCUT2D eigenvalue weighted by Crippen LogP contribution is -2.07. The van der Waals surface area contributed by atoms with Crippen molar-refractivity contribution in [3.8, 4) is 5.75 Å². The van der Waals surface area contributed by atoms with Crippen LogP contribution in [0.4, 0.5) is 5.69 Å². The molecule has 0 saturated carbocycles. The van der Waals surface area contributed by atoms with E-state index in [0.717, 1.165) is 61.0 Å². The lowest BCUT2D eigenvalue weighted by atomic mass is 10.1. The monoisotopic (exact) mass is 599 g/mol. The van der Waals surface area contributed by atoms with Gasteiger partial charge in [0.05, 0.1) is 30.8 Å². The summed E-state index contributed by atoms with van der Waals surface area (Å²) in [5, 5.41) is 10.7. The van der Waals surface area contributed by atoms with Gasteiger partial charge in [-0.3, -0.25) is 10.1 Å². The fourth-order valence-electron chi connectivity index (χ4n) is 3.86. The van der Waals surface area contributed by atoms with Crippen molar-refractivity contribution in [1.29, 1.82) is 0 Å². The van der Waals surface area contributed by atoms with Gasteiger partial charge in [-0.25, -0.2) is 9.59 Å². The number of nitrogens with zero attached hydrogens (tertiary/aromatic N) is 1. The third-order valence-electron chi connectivity index (χ3n) is 6.40. The van der Waals surface area contributed by atoms with Gasteiger partial charge in [-0.05, 0) is 60.7 Å². The lowest BCUT2D eigenvalue weighted by Gasteiger charge is -2.08. The maximum Gasteiger partial charge on any atom is 0.338 e. The lowest BCUT2D eigenvalue weighted by molar-refractivity contribution is -0.384. The molecule has 0 radical (unpaired) electrons. The van der Waals surface area contributed by atoms with Crippen molar-refractivity contribution in [3.05, 3.63) is 124 Å². The Kier molecular flexibility index (Phi) is 16.0. The molecule has 0 aliphatic heterocycles. The number of rotatable bonds is 16. The zero-order valence-corrected chi connectivity index (χ0v) is 25.5. The first kappa shape index (κ1) is 35.2. The van der Waals surface area contributed by atoms with Crippen molar-refractivity contribution in [2.24, 2.45) is 0 Å². The number of ether oxygens (including phenoxy) is 3. The van der Waals surface area contributed by atoms with E-state index in [0.29, 0.717) is 24.4 Å². The molecule has 0 fully saturated rings. The topological polar surface area (TPSA) is 105 Å². The number of benzene rings is 3. The molecule has 232 valence electrons. The summed E-state index contributed by atoms with van der Waals surface area (Å²) >= 11 is 0. The van der Waals surface area contributed by atoms with Gasteiger partial charge >= 0.3 is 11.9 Å². The molecular weight excluding hydrogens is 558 g/mol. The SMILES string of the molecule is C=C(C(=O)OCCCCCCCCOc1ccc(C=Cc2ccc([N+](=O)[O-])cc2)cc1)c1ccccc1.C=C(C)C(=O)OC. The quantitative estimate of drug-likeness (QED) is 0.0406. The summed E-state index contributed by atoms with van der Waals surface area (Å²) in [5.41, 5.74) is 3.64. The van der Waals surface area contributed by atoms with E-state index in [1.165, 1.54) is 19.2 Å². The second-order valence-electron chi connectivity index (χ2n) is 9.97. The number of nitro groups is 1. The van der Waals surface area contributed by atoms with Gasteiger partial charge in [-0.2, -0.15) is 0 Å². The molecule has 3 aromatic carbocycles. The zero-order chi connectivity index (χ0) is 32.2. The Morgan fingerprint density at radius 3 is 1.77 bits per heavy atom. The Morgan fingerprint density at radius 2 is 1.27 bits per heavy atom. The number of esters is 2. The number of non-ortho nitro benzene ring substituents is 1. The number of carbonyl (C=O) groups excluding carboxylic acids is 2. The first-order valence-electron chi connectivity index (χ1n) is 14.5. The Bertz CT molecular complexity index is 1380. The summed E-state index contributed by atoms with van der Waals surface area (Å²) in [5.74, 6) is 0.142. The molecule has 0 atom stereocenters. The van der Waals surface area contributed by atoms with Crippen LogP contribution in [0.5, 0.6) is 5.75 Å². The standard InChI is InChI=1S/C31H33NO5.C5H8O2/c1-25(28-11-7-6-8-12-28)31(33)37-24-10-5-3-2-4-9-23-36-30-21-17-27(18-22-30)14-13-26-15-19-29(20-16-26)32(34)35;1-4(2)5(6)7-3/h6-8,11-22H,1-5,9-10,23-24H2;1H2,2-3H3. The first-order chi connectivity index (χ1) is 21.2. The highest BCUT2D eigenvalue weighted by atomic mass is 16.6. The summed E-state index contributed by atoms with van der Waals surface area (Å²) < 4.78 is 15.4. The number of methoxy groups -OCH3 is 1. The maximum atomic E-state index is 12.0. The molecule has 44 heavy (non-hydrogen) atoms. The van der Waals surface area contributed by atoms with Crippen molar-refractivity contribution >= 4 is 35.4 Å². The summed E-state index contributed by atoms with van der Waals surface area (Å²) in [6, 6.07) is 23.7. The third kappa shape index (κ3) is 13.8. The van der Waals surface area contributed by atoms with Gasteiger partial charge in [0.25, 0.3) is 5.69 Å². The number of nitro benzene ring substituents is 1. The predicted molar refractivity (Wildman–Crippen MR) is 175 cm³/mol. The largest absolute Gasteiger partial charge is 0.494 e. The minimum Gasteiger partial charge on any atom is -0.494 e. The summed E-state index contributed by atoms with van der Waals surface area (Å²) in [7, 11) is 1.33. The fourth-order valence-corrected chi connectivity index (χ4v) is 3.86. The highest BCUT2D eigenvalue weighted by molar-refractivity contribution is 6.15. The third-order valence-corrected chi connectivity index (χ3v) is 6.40. The van der Waals surface area contributed by atoms with E-state index in [2.05, 4.69) is 17.9 Å². The normalized spacial score (nSPS) is 10.3. The molecule has 0 heterocycles. The highest BCUT2D eigenvalue weighted by Crippen LogP contribution is 2.18. The molecule has 3 rings (SSSR count). The predicted octanol–water partition coefficient (Wildman–Crippen LogP) is 8.48. The Labute approximate surface area is 259 Å². The second-order valence-corrected chi connectivity index (χ2v) is 9.97. The van der Waals surface area contributed by atoms with Crippen LogP contribution in [-0.2, 0) is 19.1 Å². The van der Waals surface area contributed by atoms with E-state index in [1.807, 2.05) is 66.7 Å². The second kappa shape index (κ2) is 20.0. The number of hydrogen-bond donors (Lipinski definition) is 0. The van der Waals surface area contributed by atoms with E-state index in [-0.39, 0.29) is 17.6 Å². The van der Waals surface area contributed by atoms with Gasteiger partial charge in [0.15, 0.2) is 0 Å². The van der Waals surface area contributed by atoms with Gasteiger partial charge in [-0.15, -0.1) is 0 Å². The Morgan fingerprint density at radius 1 is 0.750 bits per heavy atom. The molecule has 0 amide bonds. The molecule has 0 aliphatic rings. The van der Waals surface area contributed by atoms with E-state index in [4.69, 9.17) is 9.47 Å². The van der Waals surface area contributed by atoms with E-state index >= 15 is 0 Å². The van der Waals surface area contributed by atoms with Gasteiger partial charge in [0, 0.05) is 17.7 Å². The number of carbonyl (C=O) groups is 2. The van der Waals surface area contributed by atoms with Crippen molar-refractivity contribution in [2.75, 3.05) is 20.3 Å². The molecule has 0 bridgehead atoms. The molecule has 0 unspecified atom stereocenters. The molecule has 0 aromatic heterocycles. The minimum atomic E-state index is -0.403. The highest BCUT2D eigenvalue weighted by Gasteiger charge is 2.10.